The van der Waals surface area contributed by atoms with E-state index in [2.05, 4.69) is 4.90 Å². The molecule has 0 saturated carbocycles. The molecule has 0 unspecified atom stereocenters. The second-order valence-corrected chi connectivity index (χ2v) is 4.81. The van der Waals surface area contributed by atoms with Crippen LogP contribution in [0.3, 0.4) is 0 Å². The van der Waals surface area contributed by atoms with Crippen LogP contribution in [0.2, 0.25) is 0 Å². The van der Waals surface area contributed by atoms with Crippen LogP contribution in [0.25, 0.3) is 0 Å². The van der Waals surface area contributed by atoms with Crippen molar-refractivity contribution in [2.45, 2.75) is 6.42 Å². The summed E-state index contributed by atoms with van der Waals surface area (Å²) in [6, 6.07) is 7.21. The third kappa shape index (κ3) is 5.61. The molecule has 0 spiro atoms. The molecule has 21 heavy (non-hydrogen) atoms. The summed E-state index contributed by atoms with van der Waals surface area (Å²) >= 11 is 0. The van der Waals surface area contributed by atoms with Crippen LogP contribution < -0.4 is 10.5 Å². The Kier molecular flexibility index (Phi) is 6.30. The van der Waals surface area contributed by atoms with E-state index in [4.69, 9.17) is 19.9 Å². The van der Waals surface area contributed by atoms with Gasteiger partial charge in [-0.1, -0.05) is 12.1 Å². The Morgan fingerprint density at radius 1 is 1.24 bits per heavy atom. The molecule has 6 heteroatoms. The normalized spacial score (nSPS) is 15.6. The summed E-state index contributed by atoms with van der Waals surface area (Å²) in [5, 5.41) is 0. The van der Waals surface area contributed by atoms with Gasteiger partial charge in [0.25, 0.3) is 0 Å². The Morgan fingerprint density at radius 2 is 2.00 bits per heavy atom. The summed E-state index contributed by atoms with van der Waals surface area (Å²) in [6.07, 6.45) is 0.220. The van der Waals surface area contributed by atoms with Crippen LogP contribution in [0.5, 0.6) is 5.75 Å². The number of anilines is 1. The number of para-hydroxylation sites is 2. The molecule has 2 rings (SSSR count). The summed E-state index contributed by atoms with van der Waals surface area (Å²) in [4.78, 5) is 13.8. The van der Waals surface area contributed by atoms with Crippen LogP contribution >= 0.6 is 0 Å². The third-order valence-electron chi connectivity index (χ3n) is 3.26. The standard InChI is InChI=1S/C15H22N2O4/c16-13-3-1-2-4-14(13)20-9-5-15(18)21-12-8-17-6-10-19-11-7-17/h1-4H,5-12,16H2. The highest BCUT2D eigenvalue weighted by Crippen LogP contribution is 2.19. The fourth-order valence-electron chi connectivity index (χ4n) is 2.04. The van der Waals surface area contributed by atoms with Gasteiger partial charge < -0.3 is 19.9 Å². The zero-order chi connectivity index (χ0) is 14.9. The van der Waals surface area contributed by atoms with Gasteiger partial charge in [-0.15, -0.1) is 0 Å². The molecular formula is C15H22N2O4. The number of rotatable bonds is 7. The zero-order valence-corrected chi connectivity index (χ0v) is 12.1. The highest BCUT2D eigenvalue weighted by atomic mass is 16.5. The van der Waals surface area contributed by atoms with E-state index in [1.54, 1.807) is 12.1 Å². The van der Waals surface area contributed by atoms with E-state index >= 15 is 0 Å². The number of benzene rings is 1. The Labute approximate surface area is 124 Å². The summed E-state index contributed by atoms with van der Waals surface area (Å²) in [6.45, 7) is 4.72. The zero-order valence-electron chi connectivity index (χ0n) is 12.1. The number of morpholine rings is 1. The summed E-state index contributed by atoms with van der Waals surface area (Å²) < 4.78 is 15.9. The summed E-state index contributed by atoms with van der Waals surface area (Å²) in [7, 11) is 0. The summed E-state index contributed by atoms with van der Waals surface area (Å²) in [5.74, 6) is 0.344. The number of nitrogens with two attached hydrogens (primary N) is 1. The van der Waals surface area contributed by atoms with Gasteiger partial charge in [-0.2, -0.15) is 0 Å². The van der Waals surface area contributed by atoms with E-state index in [1.807, 2.05) is 12.1 Å². The highest BCUT2D eigenvalue weighted by Gasteiger charge is 2.11. The maximum absolute atomic E-state index is 11.6. The van der Waals surface area contributed by atoms with Crippen molar-refractivity contribution in [2.24, 2.45) is 0 Å². The molecule has 0 bridgehead atoms. The molecule has 2 N–H and O–H groups in total. The largest absolute Gasteiger partial charge is 0.491 e. The van der Waals surface area contributed by atoms with Gasteiger partial charge >= 0.3 is 5.97 Å². The molecule has 6 nitrogen and oxygen atoms in total. The van der Waals surface area contributed by atoms with Gasteiger partial charge in [-0.25, -0.2) is 0 Å². The minimum atomic E-state index is -0.252. The number of nitrogen functional groups attached to an aromatic ring is 1. The molecule has 1 fully saturated rings. The molecule has 1 aromatic rings. The predicted molar refractivity (Wildman–Crippen MR) is 79.2 cm³/mol. The number of hydrogen-bond donors (Lipinski definition) is 1. The maximum atomic E-state index is 11.6. The molecule has 116 valence electrons. The average Bonchev–Trinajstić information content (AvgIpc) is 2.50. The lowest BCUT2D eigenvalue weighted by molar-refractivity contribution is -0.144. The van der Waals surface area contributed by atoms with Crippen LogP contribution in [-0.2, 0) is 14.3 Å². The van der Waals surface area contributed by atoms with E-state index in [-0.39, 0.29) is 19.0 Å². The van der Waals surface area contributed by atoms with Crippen molar-refractivity contribution in [1.29, 1.82) is 0 Å². The Hall–Kier alpha value is -1.79. The molecule has 1 saturated heterocycles. The van der Waals surface area contributed by atoms with Gasteiger partial charge in [0.2, 0.25) is 0 Å². The van der Waals surface area contributed by atoms with Crippen LogP contribution in [0.15, 0.2) is 24.3 Å². The fraction of sp³-hybridized carbons (Fsp3) is 0.533. The maximum Gasteiger partial charge on any atom is 0.309 e. The lowest BCUT2D eigenvalue weighted by Crippen LogP contribution is -2.38. The first kappa shape index (κ1) is 15.6. The number of nitrogens with zero attached hydrogens (tertiary/aromatic N) is 1. The Morgan fingerprint density at radius 3 is 2.76 bits per heavy atom. The minimum Gasteiger partial charge on any atom is -0.491 e. The first-order valence-electron chi connectivity index (χ1n) is 7.19. The van der Waals surface area contributed by atoms with Gasteiger partial charge in [0.05, 0.1) is 31.9 Å². The molecule has 0 amide bonds. The quantitative estimate of drug-likeness (QED) is 0.595. The number of carbonyl (C=O) groups excluding carboxylic acids is 1. The van der Waals surface area contributed by atoms with Crippen LogP contribution in [0, 0.1) is 0 Å². The van der Waals surface area contributed by atoms with E-state index in [0.717, 1.165) is 32.8 Å². The second-order valence-electron chi connectivity index (χ2n) is 4.81. The van der Waals surface area contributed by atoms with E-state index in [1.165, 1.54) is 0 Å². The van der Waals surface area contributed by atoms with Crippen molar-refractivity contribution < 1.29 is 19.0 Å². The minimum absolute atomic E-state index is 0.220. The number of ether oxygens (including phenoxy) is 3. The Bertz CT molecular complexity index is 447. The highest BCUT2D eigenvalue weighted by molar-refractivity contribution is 5.69. The SMILES string of the molecule is Nc1ccccc1OCCC(=O)OCCN1CCOCC1. The molecule has 1 heterocycles. The first-order valence-corrected chi connectivity index (χ1v) is 7.19. The molecular weight excluding hydrogens is 272 g/mol. The monoisotopic (exact) mass is 294 g/mol. The number of carbonyl (C=O) groups is 1. The van der Waals surface area contributed by atoms with E-state index in [0.29, 0.717) is 18.0 Å². The molecule has 0 radical (unpaired) electrons. The molecule has 1 aromatic carbocycles. The fourth-order valence-corrected chi connectivity index (χ4v) is 2.04. The average molecular weight is 294 g/mol. The van der Waals surface area contributed by atoms with Crippen molar-refractivity contribution in [3.63, 3.8) is 0 Å². The topological polar surface area (TPSA) is 74.0 Å². The number of hydrogen-bond acceptors (Lipinski definition) is 6. The van der Waals surface area contributed by atoms with Crippen LogP contribution in [-0.4, -0.2) is 56.9 Å². The Balaban J connectivity index is 1.56. The number of esters is 1. The lowest BCUT2D eigenvalue weighted by Gasteiger charge is -2.26. The third-order valence-corrected chi connectivity index (χ3v) is 3.26. The molecule has 0 aromatic heterocycles. The molecule has 0 atom stereocenters. The van der Waals surface area contributed by atoms with Crippen molar-refractivity contribution in [2.75, 3.05) is 51.8 Å². The van der Waals surface area contributed by atoms with Crippen molar-refractivity contribution in [3.8, 4) is 5.75 Å². The van der Waals surface area contributed by atoms with Crippen molar-refractivity contribution >= 4 is 11.7 Å². The molecule has 1 aliphatic rings. The lowest BCUT2D eigenvalue weighted by atomic mass is 10.3. The smallest absolute Gasteiger partial charge is 0.309 e. The molecule has 0 aliphatic carbocycles. The van der Waals surface area contributed by atoms with Crippen LogP contribution in [0.1, 0.15) is 6.42 Å². The van der Waals surface area contributed by atoms with Gasteiger partial charge in [-0.05, 0) is 12.1 Å². The van der Waals surface area contributed by atoms with Gasteiger partial charge in [-0.3, -0.25) is 9.69 Å². The predicted octanol–water partition coefficient (Wildman–Crippen LogP) is 0.913. The molecule has 1 aliphatic heterocycles. The van der Waals surface area contributed by atoms with Crippen molar-refractivity contribution in [1.82, 2.24) is 4.90 Å². The van der Waals surface area contributed by atoms with E-state index < -0.39 is 0 Å². The van der Waals surface area contributed by atoms with Gasteiger partial charge in [0.15, 0.2) is 0 Å². The van der Waals surface area contributed by atoms with Crippen LogP contribution in [0.4, 0.5) is 5.69 Å². The van der Waals surface area contributed by atoms with Gasteiger partial charge in [0, 0.05) is 19.6 Å². The second kappa shape index (κ2) is 8.49. The first-order chi connectivity index (χ1) is 10.3. The summed E-state index contributed by atoms with van der Waals surface area (Å²) in [5.41, 5.74) is 6.31. The van der Waals surface area contributed by atoms with E-state index in [9.17, 15) is 4.79 Å². The van der Waals surface area contributed by atoms with Crippen molar-refractivity contribution in [3.05, 3.63) is 24.3 Å². The van der Waals surface area contributed by atoms with Gasteiger partial charge in [0.1, 0.15) is 12.4 Å².